The fourth-order valence-corrected chi connectivity index (χ4v) is 7.72. The number of anilines is 1. The summed E-state index contributed by atoms with van der Waals surface area (Å²) < 4.78 is 28.5. The topological polar surface area (TPSA) is 112 Å². The van der Waals surface area contributed by atoms with Crippen molar-refractivity contribution < 1.29 is 28.3 Å². The van der Waals surface area contributed by atoms with Gasteiger partial charge in [-0.25, -0.2) is 18.7 Å². The first-order valence-electron chi connectivity index (χ1n) is 18.5. The zero-order valence-corrected chi connectivity index (χ0v) is 30.3. The van der Waals surface area contributed by atoms with E-state index in [2.05, 4.69) is 28.3 Å². The number of nitrogens with zero attached hydrogens (tertiary/aromatic N) is 3. The van der Waals surface area contributed by atoms with Crippen LogP contribution < -0.4 is 5.32 Å². The molecule has 0 spiro atoms. The molecule has 1 atom stereocenters. The molecule has 1 saturated carbocycles. The standard InChI is InChI=1S/C43H46F2N4O4/c1-3-28-5-9-30(10-6-28)31-13-15-32(16-14-31)35-23-46-42(47-24-35)33-11-7-29(8-12-33)25-49(26-40(51)52)43(53)34-17-19-36(20-18-34)48-39(50)22-37-38(44)21-4-27(2)41(37)45/h4,7-8,11-12,15,17-21,23-24,28,30-31H,3,5-6,9-10,13-14,16,22,25-26H2,1-2H3,(H,48,50)(H,51,52)/t28-,30-,31?. The normalized spacial score (nSPS) is 18.6. The number of aromatic nitrogens is 2. The second-order valence-electron chi connectivity index (χ2n) is 14.5. The fourth-order valence-electron chi connectivity index (χ4n) is 7.72. The van der Waals surface area contributed by atoms with Crippen LogP contribution in [0.5, 0.6) is 0 Å². The summed E-state index contributed by atoms with van der Waals surface area (Å²) in [4.78, 5) is 48.2. The van der Waals surface area contributed by atoms with Gasteiger partial charge in [-0.15, -0.1) is 0 Å². The molecule has 2 N–H and O–H groups in total. The molecule has 2 aliphatic carbocycles. The van der Waals surface area contributed by atoms with E-state index in [0.29, 0.717) is 11.5 Å². The van der Waals surface area contributed by atoms with Gasteiger partial charge in [-0.05, 0) is 104 Å². The van der Waals surface area contributed by atoms with Crippen molar-refractivity contribution in [3.8, 4) is 11.4 Å². The molecular formula is C43H46F2N4O4. The Morgan fingerprint density at radius 3 is 2.19 bits per heavy atom. The summed E-state index contributed by atoms with van der Waals surface area (Å²) in [7, 11) is 0. The molecule has 2 amide bonds. The van der Waals surface area contributed by atoms with E-state index < -0.39 is 42.4 Å². The number of carboxylic acid groups (broad SMARTS) is 1. The Hall–Kier alpha value is -5.25. The third kappa shape index (κ3) is 9.41. The molecule has 3 aromatic carbocycles. The number of benzene rings is 3. The van der Waals surface area contributed by atoms with E-state index >= 15 is 0 Å². The minimum absolute atomic E-state index is 0.0481. The lowest BCUT2D eigenvalue weighted by molar-refractivity contribution is -0.137. The minimum Gasteiger partial charge on any atom is -0.480 e. The summed E-state index contributed by atoms with van der Waals surface area (Å²) >= 11 is 0. The van der Waals surface area contributed by atoms with Gasteiger partial charge in [0.25, 0.3) is 5.91 Å². The van der Waals surface area contributed by atoms with Gasteiger partial charge in [-0.1, -0.05) is 62.6 Å². The summed E-state index contributed by atoms with van der Waals surface area (Å²) in [5.41, 5.74) is 4.36. The third-order valence-corrected chi connectivity index (χ3v) is 10.9. The van der Waals surface area contributed by atoms with Crippen LogP contribution in [0.4, 0.5) is 14.5 Å². The van der Waals surface area contributed by atoms with Crippen molar-refractivity contribution >= 4 is 29.0 Å². The molecule has 4 aromatic rings. The smallest absolute Gasteiger partial charge is 0.323 e. The second kappa shape index (κ2) is 17.1. The molecule has 0 saturated heterocycles. The van der Waals surface area contributed by atoms with Crippen molar-refractivity contribution in [1.82, 2.24) is 14.9 Å². The Balaban J connectivity index is 1.04. The molecule has 6 rings (SSSR count). The van der Waals surface area contributed by atoms with Crippen LogP contribution in [0.3, 0.4) is 0 Å². The zero-order chi connectivity index (χ0) is 37.5. The van der Waals surface area contributed by atoms with E-state index in [-0.39, 0.29) is 23.2 Å². The average Bonchev–Trinajstić information content (AvgIpc) is 3.18. The van der Waals surface area contributed by atoms with Crippen LogP contribution in [-0.2, 0) is 22.6 Å². The first-order valence-corrected chi connectivity index (χ1v) is 18.5. The second-order valence-corrected chi connectivity index (χ2v) is 14.5. The Labute approximate surface area is 309 Å². The minimum atomic E-state index is -1.16. The molecule has 53 heavy (non-hydrogen) atoms. The number of aryl methyl sites for hydroxylation is 1. The Morgan fingerprint density at radius 2 is 1.57 bits per heavy atom. The molecule has 0 aliphatic heterocycles. The molecule has 1 heterocycles. The van der Waals surface area contributed by atoms with Crippen molar-refractivity contribution in [2.45, 2.75) is 78.2 Å². The van der Waals surface area contributed by atoms with Crippen LogP contribution in [0.25, 0.3) is 17.0 Å². The summed E-state index contributed by atoms with van der Waals surface area (Å²) in [6, 6.07) is 15.7. The maximum absolute atomic E-state index is 14.4. The summed E-state index contributed by atoms with van der Waals surface area (Å²) in [6.45, 7) is 3.33. The van der Waals surface area contributed by atoms with Crippen LogP contribution in [-0.4, -0.2) is 44.3 Å². The van der Waals surface area contributed by atoms with Crippen molar-refractivity contribution in [1.29, 1.82) is 0 Å². The maximum Gasteiger partial charge on any atom is 0.323 e. The van der Waals surface area contributed by atoms with Crippen LogP contribution in [0.2, 0.25) is 0 Å². The number of carbonyl (C=O) groups excluding carboxylic acids is 2. The number of amides is 2. The lowest BCUT2D eigenvalue weighted by Crippen LogP contribution is -2.35. The first kappa shape index (κ1) is 37.5. The number of halogens is 2. The predicted octanol–water partition coefficient (Wildman–Crippen LogP) is 9.04. The van der Waals surface area contributed by atoms with Gasteiger partial charge in [0.1, 0.15) is 18.2 Å². The Morgan fingerprint density at radius 1 is 0.868 bits per heavy atom. The van der Waals surface area contributed by atoms with Crippen LogP contribution in [0.15, 0.2) is 79.1 Å². The van der Waals surface area contributed by atoms with E-state index in [4.69, 9.17) is 0 Å². The largest absolute Gasteiger partial charge is 0.480 e. The lowest BCUT2D eigenvalue weighted by atomic mass is 9.71. The quantitative estimate of drug-likeness (QED) is 0.151. The van der Waals surface area contributed by atoms with Gasteiger partial charge in [0.05, 0.1) is 6.42 Å². The number of carboxylic acids is 1. The molecule has 1 fully saturated rings. The Bertz CT molecular complexity index is 1950. The Kier molecular flexibility index (Phi) is 12.1. The number of nitrogens with one attached hydrogen (secondary N) is 1. The highest BCUT2D eigenvalue weighted by Gasteiger charge is 2.28. The highest BCUT2D eigenvalue weighted by atomic mass is 19.1. The third-order valence-electron chi connectivity index (χ3n) is 10.9. The maximum atomic E-state index is 14.4. The monoisotopic (exact) mass is 720 g/mol. The van der Waals surface area contributed by atoms with Gasteiger partial charge in [0, 0.05) is 46.9 Å². The molecule has 8 nitrogen and oxygen atoms in total. The van der Waals surface area contributed by atoms with E-state index in [1.807, 2.05) is 36.7 Å². The first-order chi connectivity index (χ1) is 25.6. The number of hydrogen-bond donors (Lipinski definition) is 2. The molecular weight excluding hydrogens is 674 g/mol. The summed E-state index contributed by atoms with van der Waals surface area (Å²) in [5, 5.41) is 12.1. The summed E-state index contributed by atoms with van der Waals surface area (Å²) in [5.74, 6) is -0.717. The number of aliphatic carboxylic acids is 1. The number of hydrogen-bond acceptors (Lipinski definition) is 5. The molecule has 1 unspecified atom stereocenters. The highest BCUT2D eigenvalue weighted by Crippen LogP contribution is 2.41. The number of carbonyl (C=O) groups is 3. The predicted molar refractivity (Wildman–Crippen MR) is 201 cm³/mol. The van der Waals surface area contributed by atoms with Gasteiger partial charge in [-0.2, -0.15) is 0 Å². The molecule has 10 heteroatoms. The van der Waals surface area contributed by atoms with Crippen LogP contribution >= 0.6 is 0 Å². The molecule has 276 valence electrons. The molecule has 0 radical (unpaired) electrons. The average molecular weight is 721 g/mol. The van der Waals surface area contributed by atoms with E-state index in [1.54, 1.807) is 0 Å². The highest BCUT2D eigenvalue weighted by molar-refractivity contribution is 5.97. The van der Waals surface area contributed by atoms with Crippen molar-refractivity contribution in [3.05, 3.63) is 119 Å². The fraction of sp³-hybridized carbons (Fsp3) is 0.372. The van der Waals surface area contributed by atoms with E-state index in [0.717, 1.165) is 53.4 Å². The molecule has 1 aromatic heterocycles. The summed E-state index contributed by atoms with van der Waals surface area (Å²) in [6.07, 6.45) is 15.9. The molecule has 2 aliphatic rings. The zero-order valence-electron chi connectivity index (χ0n) is 30.3. The van der Waals surface area contributed by atoms with E-state index in [1.165, 1.54) is 86.3 Å². The van der Waals surface area contributed by atoms with Gasteiger partial charge < -0.3 is 15.3 Å². The van der Waals surface area contributed by atoms with Crippen molar-refractivity contribution in [3.63, 3.8) is 0 Å². The number of rotatable bonds is 12. The molecule has 0 bridgehead atoms. The van der Waals surface area contributed by atoms with Gasteiger partial charge in [0.2, 0.25) is 5.91 Å². The van der Waals surface area contributed by atoms with Crippen LogP contribution in [0, 0.1) is 36.3 Å². The van der Waals surface area contributed by atoms with E-state index in [9.17, 15) is 28.3 Å². The van der Waals surface area contributed by atoms with Gasteiger partial charge in [-0.3, -0.25) is 14.4 Å². The van der Waals surface area contributed by atoms with Crippen LogP contribution in [0.1, 0.15) is 90.9 Å². The van der Waals surface area contributed by atoms with Gasteiger partial charge in [0.15, 0.2) is 5.82 Å². The van der Waals surface area contributed by atoms with Crippen molar-refractivity contribution in [2.24, 2.45) is 17.8 Å². The van der Waals surface area contributed by atoms with Crippen molar-refractivity contribution in [2.75, 3.05) is 11.9 Å². The SMILES string of the molecule is CC[C@H]1CC[C@H](C2CC=C(c3cnc(-c4ccc(CN(CC(=O)O)C(=O)c5ccc(NC(=O)Cc6c(F)ccc(C)c6F)cc5)cc4)nc3)CC2)CC1. The van der Waals surface area contributed by atoms with Gasteiger partial charge >= 0.3 is 5.97 Å². The number of allylic oxidation sites excluding steroid dienone is 2. The lowest BCUT2D eigenvalue weighted by Gasteiger charge is -2.35.